The van der Waals surface area contributed by atoms with Gasteiger partial charge in [-0.2, -0.15) is 0 Å². The summed E-state index contributed by atoms with van der Waals surface area (Å²) in [6.45, 7) is 5.71. The van der Waals surface area contributed by atoms with Gasteiger partial charge in [0.2, 0.25) is 0 Å². The fraction of sp³-hybridized carbons (Fsp3) is 0.923. The van der Waals surface area contributed by atoms with Crippen LogP contribution in [0.5, 0.6) is 0 Å². The topological polar surface area (TPSA) is 42.8 Å². The van der Waals surface area contributed by atoms with Crippen LogP contribution in [0.4, 0.5) is 0 Å². The molecule has 0 aliphatic carbocycles. The molecule has 18 heavy (non-hydrogen) atoms. The number of aliphatic imine (C=N–C) groups is 1. The van der Waals surface area contributed by atoms with Gasteiger partial charge in [-0.3, -0.25) is 4.99 Å². The van der Waals surface area contributed by atoms with Gasteiger partial charge in [0, 0.05) is 31.5 Å². The van der Waals surface area contributed by atoms with Crippen LogP contribution in [0, 0.1) is 5.92 Å². The van der Waals surface area contributed by atoms with Crippen LogP contribution in [0.25, 0.3) is 0 Å². The molecule has 0 aromatic heterocycles. The number of ether oxygens (including phenoxy) is 2. The minimum Gasteiger partial charge on any atom is -0.381 e. The Bertz CT molecular complexity index is 329. The van der Waals surface area contributed by atoms with Crippen molar-refractivity contribution < 1.29 is 9.47 Å². The predicted molar refractivity (Wildman–Crippen MR) is 74.2 cm³/mol. The first kappa shape index (κ1) is 12.8. The number of thioether (sulfide) groups is 1. The van der Waals surface area contributed by atoms with Crippen LogP contribution in [0.2, 0.25) is 0 Å². The number of hydrogen-bond donors (Lipinski definition) is 1. The normalized spacial score (nSPS) is 37.9. The lowest BCUT2D eigenvalue weighted by Gasteiger charge is -2.33. The Labute approximate surface area is 113 Å². The Balaban J connectivity index is 1.63. The lowest BCUT2D eigenvalue weighted by atomic mass is 9.93. The van der Waals surface area contributed by atoms with Crippen LogP contribution in [0.1, 0.15) is 26.2 Å². The smallest absolute Gasteiger partial charge is 0.157 e. The van der Waals surface area contributed by atoms with Gasteiger partial charge in [-0.05, 0) is 19.3 Å². The van der Waals surface area contributed by atoms with E-state index in [1.807, 2.05) is 11.8 Å². The second-order valence-electron chi connectivity index (χ2n) is 5.65. The Kier molecular flexibility index (Phi) is 3.82. The van der Waals surface area contributed by atoms with Crippen LogP contribution >= 0.6 is 11.8 Å². The highest BCUT2D eigenvalue weighted by molar-refractivity contribution is 8.14. The molecule has 1 N–H and O–H groups in total. The third-order valence-corrected chi connectivity index (χ3v) is 5.36. The Morgan fingerprint density at radius 1 is 1.28 bits per heavy atom. The molecule has 102 valence electrons. The summed E-state index contributed by atoms with van der Waals surface area (Å²) in [5.74, 6) is 1.69. The molecule has 3 aliphatic heterocycles. The summed E-state index contributed by atoms with van der Waals surface area (Å²) >= 11 is 1.89. The summed E-state index contributed by atoms with van der Waals surface area (Å²) in [5, 5.41) is 4.82. The van der Waals surface area contributed by atoms with E-state index >= 15 is 0 Å². The molecule has 2 atom stereocenters. The summed E-state index contributed by atoms with van der Waals surface area (Å²) in [6.07, 6.45) is 3.29. The molecule has 0 radical (unpaired) electrons. The lowest BCUT2D eigenvalue weighted by molar-refractivity contribution is 0.0490. The molecule has 0 aromatic rings. The van der Waals surface area contributed by atoms with E-state index in [4.69, 9.17) is 14.5 Å². The molecule has 5 heteroatoms. The van der Waals surface area contributed by atoms with Gasteiger partial charge in [-0.15, -0.1) is 0 Å². The van der Waals surface area contributed by atoms with E-state index in [0.29, 0.717) is 12.0 Å². The molecule has 0 saturated carbocycles. The number of rotatable bonds is 1. The number of nitrogens with one attached hydrogen (secondary N) is 1. The molecule has 3 rings (SSSR count). The lowest BCUT2D eigenvalue weighted by Crippen LogP contribution is -2.48. The number of hydrogen-bond acceptors (Lipinski definition) is 4. The molecule has 0 bridgehead atoms. The molecular weight excluding hydrogens is 248 g/mol. The van der Waals surface area contributed by atoms with Gasteiger partial charge in [-0.1, -0.05) is 18.7 Å². The van der Waals surface area contributed by atoms with Crippen molar-refractivity contribution in [1.82, 2.24) is 5.32 Å². The van der Waals surface area contributed by atoms with E-state index < -0.39 is 0 Å². The quantitative estimate of drug-likeness (QED) is 0.787. The molecular formula is C13H22N2O2S. The summed E-state index contributed by atoms with van der Waals surface area (Å²) in [5.41, 5.74) is 0.260. The van der Waals surface area contributed by atoms with Crippen LogP contribution in [0.3, 0.4) is 0 Å². The first-order chi connectivity index (χ1) is 8.77. The van der Waals surface area contributed by atoms with Gasteiger partial charge < -0.3 is 14.8 Å². The fourth-order valence-corrected chi connectivity index (χ4v) is 4.09. The van der Waals surface area contributed by atoms with Gasteiger partial charge in [0.05, 0.1) is 18.2 Å². The molecule has 0 aromatic carbocycles. The van der Waals surface area contributed by atoms with Crippen molar-refractivity contribution in [3.05, 3.63) is 0 Å². The van der Waals surface area contributed by atoms with Crippen LogP contribution < -0.4 is 5.32 Å². The largest absolute Gasteiger partial charge is 0.381 e. The van der Waals surface area contributed by atoms with Gasteiger partial charge in [0.15, 0.2) is 5.17 Å². The minimum absolute atomic E-state index is 0.260. The highest BCUT2D eigenvalue weighted by atomic mass is 32.2. The first-order valence-electron chi connectivity index (χ1n) is 6.92. The summed E-state index contributed by atoms with van der Waals surface area (Å²) < 4.78 is 10.9. The molecule has 0 amide bonds. The monoisotopic (exact) mass is 270 g/mol. The SMILES string of the molecule is CC1COCCC1N=C1NC2(CCOCC2)CS1. The summed E-state index contributed by atoms with van der Waals surface area (Å²) in [7, 11) is 0. The van der Waals surface area contributed by atoms with Crippen LogP contribution in [-0.4, -0.2) is 48.9 Å². The third kappa shape index (κ3) is 2.68. The van der Waals surface area contributed by atoms with Gasteiger partial charge in [-0.25, -0.2) is 0 Å². The Morgan fingerprint density at radius 2 is 2.11 bits per heavy atom. The number of amidine groups is 1. The maximum atomic E-state index is 5.47. The molecule has 3 saturated heterocycles. The highest BCUT2D eigenvalue weighted by Crippen LogP contribution is 2.32. The van der Waals surface area contributed by atoms with Crippen molar-refractivity contribution in [3.63, 3.8) is 0 Å². The highest BCUT2D eigenvalue weighted by Gasteiger charge is 2.39. The summed E-state index contributed by atoms with van der Waals surface area (Å²) in [6, 6.07) is 0.434. The average Bonchev–Trinajstić information content (AvgIpc) is 2.76. The third-order valence-electron chi connectivity index (χ3n) is 4.19. The van der Waals surface area contributed by atoms with E-state index in [2.05, 4.69) is 12.2 Å². The zero-order valence-corrected chi connectivity index (χ0v) is 11.8. The number of nitrogens with zero attached hydrogens (tertiary/aromatic N) is 1. The van der Waals surface area contributed by atoms with Crippen molar-refractivity contribution in [3.8, 4) is 0 Å². The van der Waals surface area contributed by atoms with Gasteiger partial charge in [0.1, 0.15) is 0 Å². The van der Waals surface area contributed by atoms with E-state index in [1.165, 1.54) is 0 Å². The standard InChI is InChI=1S/C13H22N2O2S/c1-10-8-17-5-2-11(10)14-12-15-13(9-18-12)3-6-16-7-4-13/h10-11H,2-9H2,1H3,(H,14,15). The van der Waals surface area contributed by atoms with Crippen molar-refractivity contribution in [2.75, 3.05) is 32.2 Å². The van der Waals surface area contributed by atoms with Crippen molar-refractivity contribution in [2.24, 2.45) is 10.9 Å². The molecule has 4 nitrogen and oxygen atoms in total. The van der Waals surface area contributed by atoms with E-state index in [-0.39, 0.29) is 5.54 Å². The zero-order valence-electron chi connectivity index (χ0n) is 11.0. The maximum absolute atomic E-state index is 5.47. The summed E-state index contributed by atoms with van der Waals surface area (Å²) in [4.78, 5) is 4.91. The maximum Gasteiger partial charge on any atom is 0.157 e. The zero-order chi connectivity index (χ0) is 12.4. The Hall–Kier alpha value is -0.260. The van der Waals surface area contributed by atoms with Gasteiger partial charge in [0.25, 0.3) is 0 Å². The Morgan fingerprint density at radius 3 is 2.89 bits per heavy atom. The second kappa shape index (κ2) is 5.39. The van der Waals surface area contributed by atoms with E-state index in [1.54, 1.807) is 0 Å². The van der Waals surface area contributed by atoms with Crippen molar-refractivity contribution in [1.29, 1.82) is 0 Å². The van der Waals surface area contributed by atoms with Crippen molar-refractivity contribution >= 4 is 16.9 Å². The van der Waals surface area contributed by atoms with E-state index in [0.717, 1.165) is 56.6 Å². The van der Waals surface area contributed by atoms with Crippen LogP contribution in [0.15, 0.2) is 4.99 Å². The molecule has 3 aliphatic rings. The molecule has 3 fully saturated rings. The van der Waals surface area contributed by atoms with Crippen molar-refractivity contribution in [2.45, 2.75) is 37.8 Å². The molecule has 2 unspecified atom stereocenters. The predicted octanol–water partition coefficient (Wildman–Crippen LogP) is 1.65. The minimum atomic E-state index is 0.260. The molecule has 1 spiro atoms. The fourth-order valence-electron chi connectivity index (χ4n) is 2.82. The van der Waals surface area contributed by atoms with Gasteiger partial charge >= 0.3 is 0 Å². The average molecular weight is 270 g/mol. The van der Waals surface area contributed by atoms with E-state index in [9.17, 15) is 0 Å². The second-order valence-corrected chi connectivity index (χ2v) is 6.61. The first-order valence-corrected chi connectivity index (χ1v) is 7.90. The van der Waals surface area contributed by atoms with Crippen LogP contribution in [-0.2, 0) is 9.47 Å². The molecule has 3 heterocycles.